The molecular weight excluding hydrogens is 314 g/mol. The van der Waals surface area contributed by atoms with Gasteiger partial charge in [0.05, 0.1) is 5.02 Å². The molecule has 5 nitrogen and oxygen atoms in total. The van der Waals surface area contributed by atoms with Crippen molar-refractivity contribution in [3.8, 4) is 11.5 Å². The van der Waals surface area contributed by atoms with Gasteiger partial charge >= 0.3 is 10.3 Å². The number of hydrogen-bond acceptors (Lipinski definition) is 4. The molecule has 1 N–H and O–H groups in total. The molecule has 3 rings (SSSR count). The summed E-state index contributed by atoms with van der Waals surface area (Å²) in [5.74, 6) is 0.717. The third-order valence-electron chi connectivity index (χ3n) is 2.99. The average Bonchev–Trinajstić information content (AvgIpc) is 2.45. The maximum atomic E-state index is 11.3. The Morgan fingerprint density at radius 2 is 2.00 bits per heavy atom. The number of halogens is 1. The van der Waals surface area contributed by atoms with Crippen LogP contribution in [0.4, 0.5) is 0 Å². The highest BCUT2D eigenvalue weighted by atomic mass is 35.5. The van der Waals surface area contributed by atoms with Crippen molar-refractivity contribution in [2.24, 2.45) is 0 Å². The van der Waals surface area contributed by atoms with Gasteiger partial charge in [-0.15, -0.1) is 0 Å². The first-order valence-corrected chi connectivity index (χ1v) is 8.00. The first kappa shape index (κ1) is 14.2. The lowest BCUT2D eigenvalue weighted by Gasteiger charge is -2.19. The predicted molar refractivity (Wildman–Crippen MR) is 78.6 cm³/mol. The largest absolute Gasteiger partial charge is 0.487 e. The fourth-order valence-electron chi connectivity index (χ4n) is 1.95. The van der Waals surface area contributed by atoms with Gasteiger partial charge in [-0.1, -0.05) is 41.9 Å². The Morgan fingerprint density at radius 3 is 2.76 bits per heavy atom. The van der Waals surface area contributed by atoms with Crippen molar-refractivity contribution in [2.45, 2.75) is 13.2 Å². The Balaban J connectivity index is 1.81. The van der Waals surface area contributed by atoms with Crippen molar-refractivity contribution < 1.29 is 17.3 Å². The van der Waals surface area contributed by atoms with Crippen LogP contribution < -0.4 is 13.6 Å². The van der Waals surface area contributed by atoms with E-state index < -0.39 is 10.3 Å². The molecule has 0 atom stereocenters. The van der Waals surface area contributed by atoms with Crippen molar-refractivity contribution in [2.75, 3.05) is 0 Å². The second-order valence-corrected chi connectivity index (χ2v) is 6.29. The normalized spacial score (nSPS) is 15.9. The number of hydrogen-bond donors (Lipinski definition) is 1. The Bertz CT molecular complexity index is 762. The molecule has 0 aromatic heterocycles. The SMILES string of the molecule is O=S1(=O)NCc2cc(OCc3ccccc3)c(Cl)cc2O1. The summed E-state index contributed by atoms with van der Waals surface area (Å²) >= 11 is 6.10. The molecule has 2 aromatic carbocycles. The molecule has 0 fully saturated rings. The molecule has 1 aliphatic rings. The minimum Gasteiger partial charge on any atom is -0.487 e. The molecule has 0 unspecified atom stereocenters. The summed E-state index contributed by atoms with van der Waals surface area (Å²) in [4.78, 5) is 0. The molecule has 1 heterocycles. The lowest BCUT2D eigenvalue weighted by Crippen LogP contribution is -2.32. The maximum absolute atomic E-state index is 11.3. The van der Waals surface area contributed by atoms with E-state index in [-0.39, 0.29) is 12.3 Å². The molecule has 0 saturated carbocycles. The Morgan fingerprint density at radius 1 is 1.24 bits per heavy atom. The van der Waals surface area contributed by atoms with E-state index in [1.807, 2.05) is 30.3 Å². The van der Waals surface area contributed by atoms with Crippen LogP contribution in [-0.4, -0.2) is 8.42 Å². The summed E-state index contributed by atoms with van der Waals surface area (Å²) in [6.07, 6.45) is 0. The van der Waals surface area contributed by atoms with E-state index >= 15 is 0 Å². The van der Waals surface area contributed by atoms with E-state index in [2.05, 4.69) is 4.72 Å². The van der Waals surface area contributed by atoms with Gasteiger partial charge < -0.3 is 8.92 Å². The van der Waals surface area contributed by atoms with Crippen LogP contribution in [0.15, 0.2) is 42.5 Å². The smallest absolute Gasteiger partial charge is 0.382 e. The van der Waals surface area contributed by atoms with E-state index in [1.54, 1.807) is 6.07 Å². The zero-order chi connectivity index (χ0) is 14.9. The summed E-state index contributed by atoms with van der Waals surface area (Å²) in [7, 11) is -3.73. The summed E-state index contributed by atoms with van der Waals surface area (Å²) in [5.41, 5.74) is 1.69. The Kier molecular flexibility index (Phi) is 3.75. The summed E-state index contributed by atoms with van der Waals surface area (Å²) in [6, 6.07) is 12.8. The van der Waals surface area contributed by atoms with Gasteiger partial charge in [-0.25, -0.2) is 0 Å². The number of ether oxygens (including phenoxy) is 1. The van der Waals surface area contributed by atoms with Crippen LogP contribution in [0.25, 0.3) is 0 Å². The maximum Gasteiger partial charge on any atom is 0.382 e. The highest BCUT2D eigenvalue weighted by Crippen LogP contribution is 2.35. The molecule has 2 aromatic rings. The fraction of sp³-hybridized carbons (Fsp3) is 0.143. The van der Waals surface area contributed by atoms with Gasteiger partial charge in [0, 0.05) is 18.2 Å². The van der Waals surface area contributed by atoms with Crippen molar-refractivity contribution >= 4 is 21.9 Å². The highest BCUT2D eigenvalue weighted by molar-refractivity contribution is 7.85. The Hall–Kier alpha value is -1.76. The summed E-state index contributed by atoms with van der Waals surface area (Å²) in [6.45, 7) is 0.530. The topological polar surface area (TPSA) is 64.6 Å². The highest BCUT2D eigenvalue weighted by Gasteiger charge is 2.23. The van der Waals surface area contributed by atoms with Gasteiger partial charge in [0.1, 0.15) is 18.1 Å². The van der Waals surface area contributed by atoms with Gasteiger partial charge in [-0.3, -0.25) is 0 Å². The quantitative estimate of drug-likeness (QED) is 0.942. The second kappa shape index (κ2) is 5.55. The van der Waals surface area contributed by atoms with Crippen LogP contribution in [0.1, 0.15) is 11.1 Å². The van der Waals surface area contributed by atoms with Crippen molar-refractivity contribution in [1.82, 2.24) is 4.72 Å². The van der Waals surface area contributed by atoms with Crippen LogP contribution in [0.5, 0.6) is 11.5 Å². The van der Waals surface area contributed by atoms with Crippen LogP contribution >= 0.6 is 11.6 Å². The summed E-state index contributed by atoms with van der Waals surface area (Å²) < 4.78 is 35.4. The average molecular weight is 326 g/mol. The zero-order valence-electron chi connectivity index (χ0n) is 10.9. The summed E-state index contributed by atoms with van der Waals surface area (Å²) in [5, 5.41) is 0.307. The van der Waals surface area contributed by atoms with E-state index in [9.17, 15) is 8.42 Å². The number of nitrogens with one attached hydrogen (secondary N) is 1. The lowest BCUT2D eigenvalue weighted by atomic mass is 10.2. The second-order valence-electron chi connectivity index (χ2n) is 4.52. The van der Waals surface area contributed by atoms with Gasteiger partial charge in [0.2, 0.25) is 0 Å². The standard InChI is InChI=1S/C14H12ClNO4S/c15-12-7-13-11(8-16-21(17,18)20-13)6-14(12)19-9-10-4-2-1-3-5-10/h1-7,16H,8-9H2. The number of fused-ring (bicyclic) bond motifs is 1. The van der Waals surface area contributed by atoms with Gasteiger partial charge in [0.25, 0.3) is 0 Å². The van der Waals surface area contributed by atoms with Crippen LogP contribution in [-0.2, 0) is 23.5 Å². The van der Waals surface area contributed by atoms with Crippen molar-refractivity contribution in [1.29, 1.82) is 0 Å². The monoisotopic (exact) mass is 325 g/mol. The van der Waals surface area contributed by atoms with E-state index in [4.69, 9.17) is 20.5 Å². The molecular formula is C14H12ClNO4S. The first-order chi connectivity index (χ1) is 10.0. The Labute approximate surface area is 127 Å². The van der Waals surface area contributed by atoms with Gasteiger partial charge in [-0.05, 0) is 11.6 Å². The van der Waals surface area contributed by atoms with Crippen molar-refractivity contribution in [3.05, 3.63) is 58.6 Å². The molecule has 110 valence electrons. The van der Waals surface area contributed by atoms with Crippen LogP contribution in [0, 0.1) is 0 Å². The van der Waals surface area contributed by atoms with Gasteiger partial charge in [-0.2, -0.15) is 13.1 Å². The molecule has 0 bridgehead atoms. The predicted octanol–water partition coefficient (Wildman–Crippen LogP) is 2.65. The van der Waals surface area contributed by atoms with Gasteiger partial charge in [0.15, 0.2) is 0 Å². The molecule has 21 heavy (non-hydrogen) atoms. The molecule has 0 spiro atoms. The molecule has 0 aliphatic carbocycles. The zero-order valence-corrected chi connectivity index (χ0v) is 12.4. The van der Waals surface area contributed by atoms with Crippen LogP contribution in [0.2, 0.25) is 5.02 Å². The molecule has 7 heteroatoms. The first-order valence-electron chi connectivity index (χ1n) is 6.22. The van der Waals surface area contributed by atoms with E-state index in [0.29, 0.717) is 22.9 Å². The molecule has 0 amide bonds. The minimum absolute atomic E-state index is 0.149. The third kappa shape index (κ3) is 3.29. The molecule has 0 radical (unpaired) electrons. The molecule has 1 aliphatic heterocycles. The third-order valence-corrected chi connectivity index (χ3v) is 4.18. The minimum atomic E-state index is -3.73. The van der Waals surface area contributed by atoms with E-state index in [1.165, 1.54) is 6.07 Å². The fourth-order valence-corrected chi connectivity index (χ4v) is 2.94. The van der Waals surface area contributed by atoms with Crippen LogP contribution in [0.3, 0.4) is 0 Å². The number of rotatable bonds is 3. The number of benzene rings is 2. The van der Waals surface area contributed by atoms with Crippen molar-refractivity contribution in [3.63, 3.8) is 0 Å². The van der Waals surface area contributed by atoms with E-state index in [0.717, 1.165) is 5.56 Å². The lowest BCUT2D eigenvalue weighted by molar-refractivity contribution is 0.305. The molecule has 0 saturated heterocycles.